The van der Waals surface area contributed by atoms with Gasteiger partial charge in [0.1, 0.15) is 17.3 Å². The van der Waals surface area contributed by atoms with E-state index in [-0.39, 0.29) is 22.2 Å². The SMILES string of the molecule is NCCc1nc(C(=O)Cc2c(F)ccc(Br)c2F)cs1. The normalized spacial score (nSPS) is 10.8. The molecule has 106 valence electrons. The zero-order chi connectivity index (χ0) is 14.7. The first-order valence-corrected chi connectivity index (χ1v) is 7.50. The first-order valence-electron chi connectivity index (χ1n) is 5.83. The van der Waals surface area contributed by atoms with Crippen molar-refractivity contribution in [2.45, 2.75) is 12.8 Å². The second kappa shape index (κ2) is 6.51. The van der Waals surface area contributed by atoms with E-state index in [9.17, 15) is 13.6 Å². The number of carbonyl (C=O) groups is 1. The van der Waals surface area contributed by atoms with E-state index in [0.717, 1.165) is 11.1 Å². The second-order valence-electron chi connectivity index (χ2n) is 4.09. The molecule has 0 aliphatic heterocycles. The number of hydrogen-bond acceptors (Lipinski definition) is 4. The summed E-state index contributed by atoms with van der Waals surface area (Å²) < 4.78 is 27.5. The summed E-state index contributed by atoms with van der Waals surface area (Å²) in [5, 5.41) is 2.33. The number of hydrogen-bond donors (Lipinski definition) is 1. The van der Waals surface area contributed by atoms with Crippen LogP contribution in [0.15, 0.2) is 22.0 Å². The molecule has 0 fully saturated rings. The predicted octanol–water partition coefficient (Wildman–Crippen LogP) is 3.11. The first kappa shape index (κ1) is 15.2. The quantitative estimate of drug-likeness (QED) is 0.658. The summed E-state index contributed by atoms with van der Waals surface area (Å²) in [6.45, 7) is 0.441. The lowest BCUT2D eigenvalue weighted by Crippen LogP contribution is -2.09. The molecule has 0 saturated heterocycles. The van der Waals surface area contributed by atoms with Crippen molar-refractivity contribution in [1.82, 2.24) is 4.98 Å². The smallest absolute Gasteiger partial charge is 0.186 e. The summed E-state index contributed by atoms with van der Waals surface area (Å²) in [5.74, 6) is -1.91. The molecule has 2 aromatic rings. The number of ketones is 1. The third-order valence-corrected chi connectivity index (χ3v) is 4.19. The fourth-order valence-electron chi connectivity index (χ4n) is 1.66. The Balaban J connectivity index is 2.21. The Kier molecular flexibility index (Phi) is 4.95. The van der Waals surface area contributed by atoms with Gasteiger partial charge in [-0.25, -0.2) is 13.8 Å². The Hall–Kier alpha value is -1.18. The summed E-state index contributed by atoms with van der Waals surface area (Å²) in [6, 6.07) is 2.39. The van der Waals surface area contributed by atoms with Gasteiger partial charge in [0.05, 0.1) is 9.48 Å². The monoisotopic (exact) mass is 360 g/mol. The molecule has 0 atom stereocenters. The molecule has 1 heterocycles. The molecule has 20 heavy (non-hydrogen) atoms. The summed E-state index contributed by atoms with van der Waals surface area (Å²) >= 11 is 4.29. The van der Waals surface area contributed by atoms with Gasteiger partial charge in [-0.2, -0.15) is 0 Å². The zero-order valence-electron chi connectivity index (χ0n) is 10.3. The van der Waals surface area contributed by atoms with Gasteiger partial charge in [0.2, 0.25) is 0 Å². The van der Waals surface area contributed by atoms with Gasteiger partial charge in [-0.15, -0.1) is 11.3 Å². The van der Waals surface area contributed by atoms with Gasteiger partial charge in [-0.05, 0) is 34.6 Å². The van der Waals surface area contributed by atoms with E-state index in [1.165, 1.54) is 17.4 Å². The van der Waals surface area contributed by atoms with Gasteiger partial charge in [-0.1, -0.05) is 0 Å². The number of aromatic nitrogens is 1. The van der Waals surface area contributed by atoms with Crippen LogP contribution in [0.3, 0.4) is 0 Å². The van der Waals surface area contributed by atoms with E-state index in [1.807, 2.05) is 0 Å². The first-order chi connectivity index (χ1) is 9.52. The van der Waals surface area contributed by atoms with Crippen LogP contribution in [0.2, 0.25) is 0 Å². The molecule has 1 aromatic carbocycles. The van der Waals surface area contributed by atoms with Crippen molar-refractivity contribution in [2.75, 3.05) is 6.54 Å². The minimum atomic E-state index is -0.754. The molecule has 0 spiro atoms. The lowest BCUT2D eigenvalue weighted by atomic mass is 10.1. The molecule has 0 unspecified atom stereocenters. The number of halogens is 3. The Labute approximate surface area is 127 Å². The van der Waals surface area contributed by atoms with Crippen molar-refractivity contribution in [3.05, 3.63) is 49.9 Å². The van der Waals surface area contributed by atoms with Crippen LogP contribution in [0.4, 0.5) is 8.78 Å². The maximum atomic E-state index is 13.8. The Morgan fingerprint density at radius 2 is 2.15 bits per heavy atom. The average Bonchev–Trinajstić information content (AvgIpc) is 2.88. The maximum Gasteiger partial charge on any atom is 0.186 e. The van der Waals surface area contributed by atoms with Crippen molar-refractivity contribution in [3.63, 3.8) is 0 Å². The molecule has 2 rings (SSSR count). The molecular weight excluding hydrogens is 350 g/mol. The lowest BCUT2D eigenvalue weighted by molar-refractivity contribution is 0.0986. The highest BCUT2D eigenvalue weighted by atomic mass is 79.9. The molecule has 0 aliphatic carbocycles. The van der Waals surface area contributed by atoms with Crippen molar-refractivity contribution in [1.29, 1.82) is 0 Å². The van der Waals surface area contributed by atoms with Gasteiger partial charge in [0.15, 0.2) is 5.78 Å². The van der Waals surface area contributed by atoms with E-state index in [2.05, 4.69) is 20.9 Å². The number of nitrogens with zero attached hydrogens (tertiary/aromatic N) is 1. The predicted molar refractivity (Wildman–Crippen MR) is 77.0 cm³/mol. The molecule has 0 bridgehead atoms. The van der Waals surface area contributed by atoms with Crippen LogP contribution in [0.5, 0.6) is 0 Å². The number of Topliss-reactive ketones (excluding diaryl/α,β-unsaturated/α-hetero) is 1. The fraction of sp³-hybridized carbons (Fsp3) is 0.231. The van der Waals surface area contributed by atoms with E-state index < -0.39 is 17.4 Å². The molecule has 3 nitrogen and oxygen atoms in total. The molecule has 7 heteroatoms. The minimum Gasteiger partial charge on any atom is -0.330 e. The zero-order valence-corrected chi connectivity index (χ0v) is 12.7. The highest BCUT2D eigenvalue weighted by Gasteiger charge is 2.18. The number of thiazole rings is 1. The summed E-state index contributed by atoms with van der Waals surface area (Å²) in [6.07, 6.45) is 0.223. The van der Waals surface area contributed by atoms with Crippen LogP contribution in [-0.4, -0.2) is 17.3 Å². The van der Waals surface area contributed by atoms with Crippen LogP contribution < -0.4 is 5.73 Å². The maximum absolute atomic E-state index is 13.8. The lowest BCUT2D eigenvalue weighted by Gasteiger charge is -2.04. The van der Waals surface area contributed by atoms with Crippen molar-refractivity contribution in [2.24, 2.45) is 5.73 Å². The van der Waals surface area contributed by atoms with Gasteiger partial charge in [0, 0.05) is 23.8 Å². The largest absolute Gasteiger partial charge is 0.330 e. The number of rotatable bonds is 5. The standard InChI is InChI=1S/C13H11BrF2N2OS/c14-8-1-2-9(15)7(13(8)16)5-11(19)10-6-20-12(18-10)3-4-17/h1-2,6H,3-5,17H2. The third-order valence-electron chi connectivity index (χ3n) is 2.67. The van der Waals surface area contributed by atoms with E-state index in [4.69, 9.17) is 5.73 Å². The number of carbonyl (C=O) groups excluding carboxylic acids is 1. The minimum absolute atomic E-state index is 0.129. The second-order valence-corrected chi connectivity index (χ2v) is 5.88. The topological polar surface area (TPSA) is 56.0 Å². The van der Waals surface area contributed by atoms with Crippen LogP contribution in [0, 0.1) is 11.6 Å². The van der Waals surface area contributed by atoms with E-state index >= 15 is 0 Å². The van der Waals surface area contributed by atoms with Crippen LogP contribution >= 0.6 is 27.3 Å². The van der Waals surface area contributed by atoms with Crippen molar-refractivity contribution < 1.29 is 13.6 Å². The molecule has 0 amide bonds. The number of nitrogens with two attached hydrogens (primary N) is 1. The molecule has 2 N–H and O–H groups in total. The average molecular weight is 361 g/mol. The Morgan fingerprint density at radius 3 is 2.85 bits per heavy atom. The summed E-state index contributed by atoms with van der Waals surface area (Å²) in [7, 11) is 0. The third kappa shape index (κ3) is 3.28. The Bertz CT molecular complexity index is 645. The highest BCUT2D eigenvalue weighted by molar-refractivity contribution is 9.10. The molecule has 0 saturated carbocycles. The van der Waals surface area contributed by atoms with Gasteiger partial charge in [-0.3, -0.25) is 4.79 Å². The Morgan fingerprint density at radius 1 is 1.40 bits per heavy atom. The van der Waals surface area contributed by atoms with Gasteiger partial charge < -0.3 is 5.73 Å². The van der Waals surface area contributed by atoms with Crippen molar-refractivity contribution >= 4 is 33.0 Å². The van der Waals surface area contributed by atoms with E-state index in [0.29, 0.717) is 13.0 Å². The molecule has 1 aromatic heterocycles. The van der Waals surface area contributed by atoms with Gasteiger partial charge >= 0.3 is 0 Å². The molecule has 0 radical (unpaired) electrons. The van der Waals surface area contributed by atoms with Crippen LogP contribution in [-0.2, 0) is 12.8 Å². The number of benzene rings is 1. The van der Waals surface area contributed by atoms with Crippen LogP contribution in [0.1, 0.15) is 21.1 Å². The van der Waals surface area contributed by atoms with Crippen LogP contribution in [0.25, 0.3) is 0 Å². The highest BCUT2D eigenvalue weighted by Crippen LogP contribution is 2.23. The van der Waals surface area contributed by atoms with Gasteiger partial charge in [0.25, 0.3) is 0 Å². The summed E-state index contributed by atoms with van der Waals surface area (Å²) in [5.41, 5.74) is 5.37. The molecular formula is C13H11BrF2N2OS. The molecule has 0 aliphatic rings. The van der Waals surface area contributed by atoms with E-state index in [1.54, 1.807) is 5.38 Å². The summed E-state index contributed by atoms with van der Waals surface area (Å²) in [4.78, 5) is 16.1. The van der Waals surface area contributed by atoms with Crippen molar-refractivity contribution in [3.8, 4) is 0 Å². The fourth-order valence-corrected chi connectivity index (χ4v) is 2.85.